The van der Waals surface area contributed by atoms with E-state index in [2.05, 4.69) is 17.0 Å². The largest absolute Gasteiger partial charge is 0.368 e. The summed E-state index contributed by atoms with van der Waals surface area (Å²) in [6, 6.07) is 10.2. The highest BCUT2D eigenvalue weighted by molar-refractivity contribution is 5.97. The summed E-state index contributed by atoms with van der Waals surface area (Å²) >= 11 is 0. The minimum atomic E-state index is -0.0690. The molecule has 2 amide bonds. The average molecular weight is 303 g/mol. The van der Waals surface area contributed by atoms with Gasteiger partial charge in [-0.3, -0.25) is 9.59 Å². The molecule has 0 spiro atoms. The van der Waals surface area contributed by atoms with E-state index in [9.17, 15) is 9.59 Å². The van der Waals surface area contributed by atoms with Crippen molar-refractivity contribution in [1.82, 2.24) is 9.80 Å². The summed E-state index contributed by atoms with van der Waals surface area (Å²) in [5, 5.41) is 0. The van der Waals surface area contributed by atoms with E-state index in [0.29, 0.717) is 26.2 Å². The van der Waals surface area contributed by atoms with Crippen molar-refractivity contribution in [2.45, 2.75) is 20.3 Å². The Balaban J connectivity index is 1.84. The fourth-order valence-corrected chi connectivity index (χ4v) is 2.78. The fraction of sp³-hybridized carbons (Fsp3) is 0.529. The van der Waals surface area contributed by atoms with Gasteiger partial charge in [-0.25, -0.2) is 0 Å². The topological polar surface area (TPSA) is 43.9 Å². The second-order valence-electron chi connectivity index (χ2n) is 5.45. The van der Waals surface area contributed by atoms with Crippen molar-refractivity contribution < 1.29 is 9.59 Å². The zero-order valence-corrected chi connectivity index (χ0v) is 13.5. The van der Waals surface area contributed by atoms with Crippen molar-refractivity contribution in [3.8, 4) is 0 Å². The summed E-state index contributed by atoms with van der Waals surface area (Å²) in [5.41, 5.74) is 1.19. The maximum atomic E-state index is 12.2. The lowest BCUT2D eigenvalue weighted by molar-refractivity contribution is -0.140. The third-order valence-corrected chi connectivity index (χ3v) is 4.17. The van der Waals surface area contributed by atoms with Crippen LogP contribution >= 0.6 is 0 Å². The first-order chi connectivity index (χ1) is 10.7. The first-order valence-corrected chi connectivity index (χ1v) is 8.01. The van der Waals surface area contributed by atoms with Crippen LogP contribution in [0.25, 0.3) is 0 Å². The molecule has 1 aliphatic rings. The molecule has 120 valence electrons. The van der Waals surface area contributed by atoms with Crippen LogP contribution < -0.4 is 4.90 Å². The zero-order valence-electron chi connectivity index (χ0n) is 13.5. The predicted octanol–water partition coefficient (Wildman–Crippen LogP) is 1.59. The smallest absolute Gasteiger partial charge is 0.232 e. The summed E-state index contributed by atoms with van der Waals surface area (Å²) in [6.45, 7) is 8.17. The van der Waals surface area contributed by atoms with Crippen LogP contribution in [0.5, 0.6) is 0 Å². The van der Waals surface area contributed by atoms with Crippen LogP contribution in [-0.2, 0) is 9.59 Å². The second-order valence-corrected chi connectivity index (χ2v) is 5.45. The number of amides is 2. The molecule has 22 heavy (non-hydrogen) atoms. The Kier molecular flexibility index (Phi) is 5.81. The van der Waals surface area contributed by atoms with E-state index in [1.165, 1.54) is 5.69 Å². The SMILES string of the molecule is CCN(CC)C(=O)CC(=O)N1CCN(c2ccccc2)CC1. The molecule has 0 bridgehead atoms. The van der Waals surface area contributed by atoms with Gasteiger partial charge in [-0.2, -0.15) is 0 Å². The molecule has 0 unspecified atom stereocenters. The number of piperazine rings is 1. The predicted molar refractivity (Wildman–Crippen MR) is 87.8 cm³/mol. The van der Waals surface area contributed by atoms with E-state index < -0.39 is 0 Å². The van der Waals surface area contributed by atoms with Crippen molar-refractivity contribution in [3.63, 3.8) is 0 Å². The Morgan fingerprint density at radius 2 is 1.59 bits per heavy atom. The van der Waals surface area contributed by atoms with Gasteiger partial charge in [0.05, 0.1) is 0 Å². The molecule has 1 saturated heterocycles. The summed E-state index contributed by atoms with van der Waals surface area (Å²) in [5.74, 6) is -0.120. The Morgan fingerprint density at radius 1 is 1.00 bits per heavy atom. The molecule has 2 rings (SSSR count). The third kappa shape index (κ3) is 4.00. The Morgan fingerprint density at radius 3 is 2.14 bits per heavy atom. The summed E-state index contributed by atoms with van der Waals surface area (Å²) in [7, 11) is 0. The number of para-hydroxylation sites is 1. The second kappa shape index (κ2) is 7.82. The van der Waals surface area contributed by atoms with Crippen LogP contribution in [0.3, 0.4) is 0 Å². The highest BCUT2D eigenvalue weighted by atomic mass is 16.2. The molecule has 5 nitrogen and oxygen atoms in total. The van der Waals surface area contributed by atoms with E-state index >= 15 is 0 Å². The standard InChI is InChI=1S/C17H25N3O2/c1-3-18(4-2)16(21)14-17(22)20-12-10-19(11-13-20)15-8-6-5-7-9-15/h5-9H,3-4,10-14H2,1-2H3. The van der Waals surface area contributed by atoms with E-state index in [4.69, 9.17) is 0 Å². The first-order valence-electron chi connectivity index (χ1n) is 8.01. The molecular weight excluding hydrogens is 278 g/mol. The first kappa shape index (κ1) is 16.3. The number of hydrogen-bond acceptors (Lipinski definition) is 3. The van der Waals surface area contributed by atoms with Crippen LogP contribution in [0.2, 0.25) is 0 Å². The summed E-state index contributed by atoms with van der Waals surface area (Å²) in [4.78, 5) is 30.0. The van der Waals surface area contributed by atoms with Crippen LogP contribution in [0.1, 0.15) is 20.3 Å². The van der Waals surface area contributed by atoms with Gasteiger partial charge in [0.2, 0.25) is 11.8 Å². The van der Waals surface area contributed by atoms with Gasteiger partial charge in [-0.1, -0.05) is 18.2 Å². The van der Waals surface area contributed by atoms with Crippen molar-refractivity contribution >= 4 is 17.5 Å². The van der Waals surface area contributed by atoms with E-state index in [1.807, 2.05) is 32.0 Å². The number of nitrogens with zero attached hydrogens (tertiary/aromatic N) is 3. The molecule has 0 saturated carbocycles. The highest BCUT2D eigenvalue weighted by Gasteiger charge is 2.24. The molecule has 1 aliphatic heterocycles. The Labute approximate surface area is 132 Å². The minimum Gasteiger partial charge on any atom is -0.368 e. The zero-order chi connectivity index (χ0) is 15.9. The summed E-state index contributed by atoms with van der Waals surface area (Å²) in [6.07, 6.45) is -0.00693. The number of carbonyl (C=O) groups is 2. The lowest BCUT2D eigenvalue weighted by Gasteiger charge is -2.36. The Hall–Kier alpha value is -2.04. The molecule has 0 N–H and O–H groups in total. The van der Waals surface area contributed by atoms with Gasteiger partial charge in [0.1, 0.15) is 6.42 Å². The van der Waals surface area contributed by atoms with Crippen molar-refractivity contribution in [1.29, 1.82) is 0 Å². The number of carbonyl (C=O) groups excluding carboxylic acids is 2. The van der Waals surface area contributed by atoms with Crippen molar-refractivity contribution in [2.75, 3.05) is 44.2 Å². The number of benzene rings is 1. The molecule has 0 radical (unpaired) electrons. The number of rotatable bonds is 5. The van der Waals surface area contributed by atoms with Gasteiger partial charge >= 0.3 is 0 Å². The normalized spacial score (nSPS) is 14.8. The quantitative estimate of drug-likeness (QED) is 0.776. The van der Waals surface area contributed by atoms with Gasteiger partial charge in [-0.15, -0.1) is 0 Å². The lowest BCUT2D eigenvalue weighted by atomic mass is 10.2. The molecule has 0 aromatic heterocycles. The van der Waals surface area contributed by atoms with Gasteiger partial charge in [-0.05, 0) is 26.0 Å². The molecule has 1 aromatic rings. The molecular formula is C17H25N3O2. The van der Waals surface area contributed by atoms with Gasteiger partial charge < -0.3 is 14.7 Å². The maximum Gasteiger partial charge on any atom is 0.232 e. The fourth-order valence-electron chi connectivity index (χ4n) is 2.78. The monoisotopic (exact) mass is 303 g/mol. The van der Waals surface area contributed by atoms with Crippen LogP contribution in [-0.4, -0.2) is 60.9 Å². The average Bonchev–Trinajstić information content (AvgIpc) is 2.57. The molecule has 0 aliphatic carbocycles. The van der Waals surface area contributed by atoms with Crippen LogP contribution in [0, 0.1) is 0 Å². The maximum absolute atomic E-state index is 12.2. The highest BCUT2D eigenvalue weighted by Crippen LogP contribution is 2.16. The molecule has 5 heteroatoms. The molecule has 1 heterocycles. The lowest BCUT2D eigenvalue weighted by Crippen LogP contribution is -2.49. The van der Waals surface area contributed by atoms with Gasteiger partial charge in [0, 0.05) is 45.0 Å². The number of hydrogen-bond donors (Lipinski definition) is 0. The van der Waals surface area contributed by atoms with E-state index in [0.717, 1.165) is 13.1 Å². The molecule has 1 fully saturated rings. The van der Waals surface area contributed by atoms with Crippen LogP contribution in [0.4, 0.5) is 5.69 Å². The molecule has 1 aromatic carbocycles. The third-order valence-electron chi connectivity index (χ3n) is 4.17. The molecule has 0 atom stereocenters. The van der Waals surface area contributed by atoms with E-state index in [-0.39, 0.29) is 18.2 Å². The van der Waals surface area contributed by atoms with Gasteiger partial charge in [0.25, 0.3) is 0 Å². The van der Waals surface area contributed by atoms with E-state index in [1.54, 1.807) is 9.80 Å². The summed E-state index contributed by atoms with van der Waals surface area (Å²) < 4.78 is 0. The van der Waals surface area contributed by atoms with Crippen molar-refractivity contribution in [3.05, 3.63) is 30.3 Å². The van der Waals surface area contributed by atoms with Crippen LogP contribution in [0.15, 0.2) is 30.3 Å². The Bertz CT molecular complexity index is 492. The number of anilines is 1. The minimum absolute atomic E-state index is 0.00693. The van der Waals surface area contributed by atoms with Gasteiger partial charge in [0.15, 0.2) is 0 Å². The van der Waals surface area contributed by atoms with Crippen molar-refractivity contribution in [2.24, 2.45) is 0 Å².